The summed E-state index contributed by atoms with van der Waals surface area (Å²) in [4.78, 5) is 22.5. The largest absolute Gasteiger partial charge is 0.508 e. The van der Waals surface area contributed by atoms with Gasteiger partial charge in [0.1, 0.15) is 11.5 Å². The van der Waals surface area contributed by atoms with Gasteiger partial charge in [-0.3, -0.25) is 14.5 Å². The van der Waals surface area contributed by atoms with Gasteiger partial charge in [0.15, 0.2) is 0 Å². The van der Waals surface area contributed by atoms with Crippen LogP contribution in [0.15, 0.2) is 47.1 Å². The van der Waals surface area contributed by atoms with Gasteiger partial charge in [0.25, 0.3) is 6.47 Å². The van der Waals surface area contributed by atoms with Crippen LogP contribution in [0.5, 0.6) is 5.75 Å². The molecule has 1 saturated heterocycles. The third kappa shape index (κ3) is 7.05. The molecular weight excluding hydrogens is 362 g/mol. The minimum Gasteiger partial charge on any atom is -0.508 e. The van der Waals surface area contributed by atoms with Crippen molar-refractivity contribution in [3.63, 3.8) is 0 Å². The van der Waals surface area contributed by atoms with Crippen LogP contribution in [0.3, 0.4) is 0 Å². The summed E-state index contributed by atoms with van der Waals surface area (Å²) in [7, 11) is 0. The standard InChI is InChI=1S/C19H25N3O3.CH2O2/c20-19(24)18(12-14-3-5-16(23)6-4-14)21-15-7-9-22(10-8-15)13-17-2-1-11-25-17;2-1-3/h1-6,11,15,18,21,23H,7-10,12-13H2,(H2,20,24);1H,(H,2,3)/t18-;/m0./s1. The summed E-state index contributed by atoms with van der Waals surface area (Å²) in [6.45, 7) is 2.50. The molecule has 0 saturated carbocycles. The van der Waals surface area contributed by atoms with E-state index in [-0.39, 0.29) is 24.2 Å². The van der Waals surface area contributed by atoms with Gasteiger partial charge in [0, 0.05) is 19.1 Å². The van der Waals surface area contributed by atoms with Crippen LogP contribution in [0.4, 0.5) is 0 Å². The first-order valence-corrected chi connectivity index (χ1v) is 9.17. The molecule has 28 heavy (non-hydrogen) atoms. The van der Waals surface area contributed by atoms with Crippen molar-refractivity contribution in [2.45, 2.75) is 37.9 Å². The van der Waals surface area contributed by atoms with Gasteiger partial charge in [-0.1, -0.05) is 12.1 Å². The predicted octanol–water partition coefficient (Wildman–Crippen LogP) is 1.34. The topological polar surface area (TPSA) is 129 Å². The number of carbonyl (C=O) groups is 2. The van der Waals surface area contributed by atoms with Crippen LogP contribution in [0.25, 0.3) is 0 Å². The van der Waals surface area contributed by atoms with Crippen LogP contribution in [0.1, 0.15) is 24.2 Å². The highest BCUT2D eigenvalue weighted by molar-refractivity contribution is 5.80. The zero-order valence-corrected chi connectivity index (χ0v) is 15.7. The lowest BCUT2D eigenvalue weighted by atomic mass is 10.00. The number of carbonyl (C=O) groups excluding carboxylic acids is 1. The molecule has 1 atom stereocenters. The fourth-order valence-corrected chi connectivity index (χ4v) is 3.27. The summed E-state index contributed by atoms with van der Waals surface area (Å²) in [6.07, 6.45) is 4.17. The van der Waals surface area contributed by atoms with Crippen molar-refractivity contribution in [3.05, 3.63) is 54.0 Å². The monoisotopic (exact) mass is 389 g/mol. The molecule has 1 amide bonds. The zero-order valence-electron chi connectivity index (χ0n) is 15.7. The van der Waals surface area contributed by atoms with E-state index in [0.717, 1.165) is 43.8 Å². The van der Waals surface area contributed by atoms with Gasteiger partial charge in [-0.25, -0.2) is 0 Å². The minimum absolute atomic E-state index is 0.219. The second-order valence-corrected chi connectivity index (χ2v) is 6.73. The lowest BCUT2D eigenvalue weighted by Crippen LogP contribution is -2.51. The number of piperidine rings is 1. The Morgan fingerprint density at radius 3 is 2.46 bits per heavy atom. The number of rotatable bonds is 7. The van der Waals surface area contributed by atoms with Gasteiger partial charge in [0.05, 0.1) is 18.8 Å². The number of hydrogen-bond donors (Lipinski definition) is 4. The smallest absolute Gasteiger partial charge is 0.290 e. The number of nitrogens with zero attached hydrogens (tertiary/aromatic N) is 1. The normalized spacial score (nSPS) is 16.0. The molecule has 1 aromatic carbocycles. The number of furan rings is 1. The highest BCUT2D eigenvalue weighted by Gasteiger charge is 2.24. The molecule has 0 unspecified atom stereocenters. The fraction of sp³-hybridized carbons (Fsp3) is 0.400. The van der Waals surface area contributed by atoms with Crippen LogP contribution in [-0.2, 0) is 22.6 Å². The number of hydrogen-bond acceptors (Lipinski definition) is 6. The van der Waals surface area contributed by atoms with Crippen molar-refractivity contribution in [1.82, 2.24) is 10.2 Å². The van der Waals surface area contributed by atoms with Crippen molar-refractivity contribution in [2.75, 3.05) is 13.1 Å². The van der Waals surface area contributed by atoms with Gasteiger partial charge < -0.3 is 25.7 Å². The van der Waals surface area contributed by atoms with E-state index < -0.39 is 6.04 Å². The van der Waals surface area contributed by atoms with E-state index >= 15 is 0 Å². The average molecular weight is 389 g/mol. The molecular formula is C20H27N3O5. The Bertz CT molecular complexity index is 710. The summed E-state index contributed by atoms with van der Waals surface area (Å²) >= 11 is 0. The minimum atomic E-state index is -0.397. The van der Waals surface area contributed by atoms with E-state index in [1.807, 2.05) is 24.3 Å². The Hall–Kier alpha value is -2.84. The number of benzene rings is 1. The average Bonchev–Trinajstić information content (AvgIpc) is 3.18. The molecule has 2 heterocycles. The third-order valence-electron chi connectivity index (χ3n) is 4.70. The van der Waals surface area contributed by atoms with Gasteiger partial charge in [-0.15, -0.1) is 0 Å². The lowest BCUT2D eigenvalue weighted by molar-refractivity contribution is -0.123. The highest BCUT2D eigenvalue weighted by Crippen LogP contribution is 2.16. The first-order chi connectivity index (χ1) is 13.5. The molecule has 0 aliphatic carbocycles. The van der Waals surface area contributed by atoms with Crippen LogP contribution in [0.2, 0.25) is 0 Å². The van der Waals surface area contributed by atoms with Gasteiger partial charge in [-0.05, 0) is 49.1 Å². The van der Waals surface area contributed by atoms with Crippen molar-refractivity contribution < 1.29 is 24.2 Å². The highest BCUT2D eigenvalue weighted by atomic mass is 16.3. The number of carboxylic acid groups (broad SMARTS) is 1. The maximum absolute atomic E-state index is 11.8. The molecule has 1 fully saturated rings. The van der Waals surface area contributed by atoms with E-state index in [9.17, 15) is 9.90 Å². The predicted molar refractivity (Wildman–Crippen MR) is 104 cm³/mol. The number of nitrogens with one attached hydrogen (secondary N) is 1. The number of phenolic OH excluding ortho intramolecular Hbond substituents is 1. The second-order valence-electron chi connectivity index (χ2n) is 6.73. The Labute approximate surface area is 163 Å². The molecule has 152 valence electrons. The van der Waals surface area contributed by atoms with Gasteiger partial charge in [0.2, 0.25) is 5.91 Å². The summed E-state index contributed by atoms with van der Waals surface area (Å²) in [5.41, 5.74) is 6.55. The van der Waals surface area contributed by atoms with Gasteiger partial charge in [-0.2, -0.15) is 0 Å². The van der Waals surface area contributed by atoms with Crippen LogP contribution in [-0.4, -0.2) is 52.7 Å². The number of likely N-dealkylation sites (tertiary alicyclic amines) is 1. The van der Waals surface area contributed by atoms with E-state index in [2.05, 4.69) is 10.2 Å². The maximum atomic E-state index is 11.8. The molecule has 1 aliphatic heterocycles. The number of nitrogens with two attached hydrogens (primary N) is 1. The first-order valence-electron chi connectivity index (χ1n) is 9.17. The van der Waals surface area contributed by atoms with E-state index in [0.29, 0.717) is 6.42 Å². The Morgan fingerprint density at radius 2 is 1.93 bits per heavy atom. The van der Waals surface area contributed by atoms with E-state index in [1.165, 1.54) is 0 Å². The van der Waals surface area contributed by atoms with Gasteiger partial charge >= 0.3 is 0 Å². The van der Waals surface area contributed by atoms with Crippen LogP contribution >= 0.6 is 0 Å². The second kappa shape index (κ2) is 11.1. The molecule has 1 aliphatic rings. The molecule has 1 aromatic heterocycles. The Balaban J connectivity index is 0.000000878. The summed E-state index contributed by atoms with van der Waals surface area (Å²) in [6, 6.07) is 10.7. The Kier molecular flexibility index (Phi) is 8.51. The van der Waals surface area contributed by atoms with Crippen LogP contribution < -0.4 is 11.1 Å². The molecule has 3 rings (SSSR count). The zero-order chi connectivity index (χ0) is 20.4. The first kappa shape index (κ1) is 21.5. The number of phenols is 1. The van der Waals surface area contributed by atoms with Crippen LogP contribution in [0, 0.1) is 0 Å². The SMILES string of the molecule is NC(=O)[C@H](Cc1ccc(O)cc1)NC1CCN(Cc2ccco2)CC1.O=CO. The summed E-state index contributed by atoms with van der Waals surface area (Å²) < 4.78 is 5.40. The van der Waals surface area contributed by atoms with Crippen molar-refractivity contribution in [3.8, 4) is 5.75 Å². The number of primary amides is 1. The van der Waals surface area contributed by atoms with Crippen molar-refractivity contribution in [2.24, 2.45) is 5.73 Å². The fourth-order valence-electron chi connectivity index (χ4n) is 3.27. The Morgan fingerprint density at radius 1 is 1.29 bits per heavy atom. The maximum Gasteiger partial charge on any atom is 0.290 e. The molecule has 2 aromatic rings. The summed E-state index contributed by atoms with van der Waals surface area (Å²) in [5, 5.41) is 19.7. The summed E-state index contributed by atoms with van der Waals surface area (Å²) in [5.74, 6) is 0.858. The van der Waals surface area contributed by atoms with Crippen molar-refractivity contribution in [1.29, 1.82) is 0 Å². The number of aromatic hydroxyl groups is 1. The molecule has 0 bridgehead atoms. The molecule has 5 N–H and O–H groups in total. The quantitative estimate of drug-likeness (QED) is 0.526. The molecule has 0 radical (unpaired) electrons. The molecule has 8 nitrogen and oxygen atoms in total. The lowest BCUT2D eigenvalue weighted by Gasteiger charge is -2.33. The molecule has 8 heteroatoms. The number of amides is 1. The van der Waals surface area contributed by atoms with E-state index in [1.54, 1.807) is 18.4 Å². The van der Waals surface area contributed by atoms with Crippen molar-refractivity contribution >= 4 is 12.4 Å². The molecule has 0 spiro atoms. The van der Waals surface area contributed by atoms with E-state index in [4.69, 9.17) is 20.1 Å². The third-order valence-corrected chi connectivity index (χ3v) is 4.70.